The SMILES string of the molecule is OCC1[C@@H](O)C(O)C2[C@H](CO)OC12O. The Labute approximate surface area is 80.4 Å². The zero-order chi connectivity index (χ0) is 10.5. The summed E-state index contributed by atoms with van der Waals surface area (Å²) >= 11 is 0. The average molecular weight is 206 g/mol. The number of fused-ring (bicyclic) bond motifs is 1. The molecule has 2 fully saturated rings. The van der Waals surface area contributed by atoms with Gasteiger partial charge in [0.2, 0.25) is 0 Å². The molecule has 82 valence electrons. The minimum absolute atomic E-state index is 0.324. The summed E-state index contributed by atoms with van der Waals surface area (Å²) in [5, 5.41) is 46.6. The summed E-state index contributed by atoms with van der Waals surface area (Å²) in [5.41, 5.74) is 0. The van der Waals surface area contributed by atoms with Crippen LogP contribution in [0.5, 0.6) is 0 Å². The van der Waals surface area contributed by atoms with E-state index in [4.69, 9.17) is 14.9 Å². The Kier molecular flexibility index (Phi) is 2.30. The largest absolute Gasteiger partial charge is 0.396 e. The van der Waals surface area contributed by atoms with E-state index in [1.807, 2.05) is 0 Å². The third kappa shape index (κ3) is 1.01. The predicted molar refractivity (Wildman–Crippen MR) is 43.0 cm³/mol. The van der Waals surface area contributed by atoms with Gasteiger partial charge in [0.25, 0.3) is 0 Å². The molecule has 6 heteroatoms. The first-order valence-electron chi connectivity index (χ1n) is 4.54. The highest BCUT2D eigenvalue weighted by Gasteiger charge is 2.69. The first-order chi connectivity index (χ1) is 6.56. The molecule has 14 heavy (non-hydrogen) atoms. The molecule has 1 saturated heterocycles. The highest BCUT2D eigenvalue weighted by Crippen LogP contribution is 2.52. The Bertz CT molecular complexity index is 234. The topological polar surface area (TPSA) is 110 Å². The maximum absolute atomic E-state index is 9.84. The van der Waals surface area contributed by atoms with Gasteiger partial charge in [-0.3, -0.25) is 0 Å². The van der Waals surface area contributed by atoms with Gasteiger partial charge in [-0.25, -0.2) is 0 Å². The van der Waals surface area contributed by atoms with Crippen LogP contribution in [-0.4, -0.2) is 62.8 Å². The van der Waals surface area contributed by atoms with E-state index in [2.05, 4.69) is 0 Å². The fourth-order valence-corrected chi connectivity index (χ4v) is 2.47. The average Bonchev–Trinajstić information content (AvgIpc) is 2.26. The molecule has 0 spiro atoms. The first-order valence-corrected chi connectivity index (χ1v) is 4.54. The highest BCUT2D eigenvalue weighted by molar-refractivity contribution is 5.11. The predicted octanol–water partition coefficient (Wildman–Crippen LogP) is -2.97. The van der Waals surface area contributed by atoms with Crippen LogP contribution in [0.1, 0.15) is 0 Å². The van der Waals surface area contributed by atoms with Crippen molar-refractivity contribution >= 4 is 0 Å². The van der Waals surface area contributed by atoms with E-state index in [1.54, 1.807) is 0 Å². The Morgan fingerprint density at radius 1 is 1.07 bits per heavy atom. The lowest BCUT2D eigenvalue weighted by Crippen LogP contribution is -2.64. The van der Waals surface area contributed by atoms with Crippen molar-refractivity contribution in [1.29, 1.82) is 0 Å². The van der Waals surface area contributed by atoms with E-state index < -0.39 is 42.5 Å². The molecule has 1 aliphatic heterocycles. The normalized spacial score (nSPS) is 56.8. The summed E-state index contributed by atoms with van der Waals surface area (Å²) in [5.74, 6) is -3.33. The Morgan fingerprint density at radius 2 is 1.71 bits per heavy atom. The molecule has 6 atom stereocenters. The van der Waals surface area contributed by atoms with Crippen LogP contribution >= 0.6 is 0 Å². The number of aliphatic hydroxyl groups excluding tert-OH is 4. The second-order valence-corrected chi connectivity index (χ2v) is 3.89. The van der Waals surface area contributed by atoms with E-state index in [0.29, 0.717) is 0 Å². The van der Waals surface area contributed by atoms with Crippen LogP contribution in [0.3, 0.4) is 0 Å². The van der Waals surface area contributed by atoms with Crippen molar-refractivity contribution in [2.24, 2.45) is 11.8 Å². The van der Waals surface area contributed by atoms with Crippen LogP contribution in [0, 0.1) is 11.8 Å². The summed E-state index contributed by atoms with van der Waals surface area (Å²) in [4.78, 5) is 0. The minimum Gasteiger partial charge on any atom is -0.396 e. The molecule has 1 aliphatic carbocycles. The smallest absolute Gasteiger partial charge is 0.181 e. The number of ether oxygens (including phenoxy) is 1. The van der Waals surface area contributed by atoms with Crippen molar-refractivity contribution in [2.45, 2.75) is 24.1 Å². The molecule has 0 aromatic rings. The molecular formula is C8H14O6. The molecule has 0 aromatic carbocycles. The van der Waals surface area contributed by atoms with Gasteiger partial charge in [-0.15, -0.1) is 0 Å². The van der Waals surface area contributed by atoms with Gasteiger partial charge in [0, 0.05) is 0 Å². The minimum atomic E-state index is -1.69. The van der Waals surface area contributed by atoms with Gasteiger partial charge in [0.15, 0.2) is 5.79 Å². The van der Waals surface area contributed by atoms with Crippen LogP contribution in [0.25, 0.3) is 0 Å². The van der Waals surface area contributed by atoms with Gasteiger partial charge in [0.05, 0.1) is 43.4 Å². The monoisotopic (exact) mass is 206 g/mol. The quantitative estimate of drug-likeness (QED) is 0.330. The fourth-order valence-electron chi connectivity index (χ4n) is 2.47. The van der Waals surface area contributed by atoms with E-state index in [9.17, 15) is 15.3 Å². The fraction of sp³-hybridized carbons (Fsp3) is 1.00. The Balaban J connectivity index is 2.22. The molecule has 0 aromatic heterocycles. The van der Waals surface area contributed by atoms with Gasteiger partial charge in [-0.05, 0) is 0 Å². The number of hydrogen-bond acceptors (Lipinski definition) is 6. The Hall–Kier alpha value is -0.240. The number of rotatable bonds is 2. The summed E-state index contributed by atoms with van der Waals surface area (Å²) < 4.78 is 4.97. The molecule has 2 rings (SSSR count). The van der Waals surface area contributed by atoms with Gasteiger partial charge in [-0.2, -0.15) is 0 Å². The van der Waals surface area contributed by atoms with Crippen molar-refractivity contribution in [1.82, 2.24) is 0 Å². The van der Waals surface area contributed by atoms with Gasteiger partial charge in [0.1, 0.15) is 0 Å². The summed E-state index contributed by atoms with van der Waals surface area (Å²) in [6.07, 6.45) is -3.05. The second-order valence-electron chi connectivity index (χ2n) is 3.89. The third-order valence-electron chi connectivity index (χ3n) is 3.26. The molecule has 0 bridgehead atoms. The summed E-state index contributed by atoms with van der Waals surface area (Å²) in [6, 6.07) is 0. The van der Waals surface area contributed by atoms with E-state index in [-0.39, 0.29) is 6.61 Å². The summed E-state index contributed by atoms with van der Waals surface area (Å²) in [6.45, 7) is -0.793. The summed E-state index contributed by atoms with van der Waals surface area (Å²) in [7, 11) is 0. The maximum atomic E-state index is 9.84. The molecule has 1 heterocycles. The van der Waals surface area contributed by atoms with Gasteiger partial charge >= 0.3 is 0 Å². The van der Waals surface area contributed by atoms with Crippen LogP contribution in [-0.2, 0) is 4.74 Å². The van der Waals surface area contributed by atoms with Crippen LogP contribution < -0.4 is 0 Å². The first kappa shape index (κ1) is 10.3. The van der Waals surface area contributed by atoms with Crippen molar-refractivity contribution in [3.63, 3.8) is 0 Å². The molecule has 0 amide bonds. The molecular weight excluding hydrogens is 192 g/mol. The lowest BCUT2D eigenvalue weighted by molar-refractivity contribution is -0.384. The Morgan fingerprint density at radius 3 is 2.21 bits per heavy atom. The molecule has 4 unspecified atom stereocenters. The van der Waals surface area contributed by atoms with Crippen molar-refractivity contribution in [3.8, 4) is 0 Å². The van der Waals surface area contributed by atoms with Crippen molar-refractivity contribution in [2.75, 3.05) is 13.2 Å². The molecule has 6 nitrogen and oxygen atoms in total. The van der Waals surface area contributed by atoms with Gasteiger partial charge < -0.3 is 30.3 Å². The second kappa shape index (κ2) is 3.13. The standard InChI is InChI=1S/C8H14O6/c9-1-3-6(11)7(12)5-4(2-10)14-8(3,5)13/h3-7,9-13H,1-2H2/t3?,4-,5?,6+,7?,8?/m0/s1. The van der Waals surface area contributed by atoms with Gasteiger partial charge in [-0.1, -0.05) is 0 Å². The van der Waals surface area contributed by atoms with Crippen LogP contribution in [0.15, 0.2) is 0 Å². The molecule has 1 saturated carbocycles. The molecule has 0 radical (unpaired) electrons. The number of aliphatic hydroxyl groups is 5. The zero-order valence-corrected chi connectivity index (χ0v) is 7.45. The van der Waals surface area contributed by atoms with E-state index in [0.717, 1.165) is 0 Å². The third-order valence-corrected chi connectivity index (χ3v) is 3.26. The molecule has 2 aliphatic rings. The molecule has 5 N–H and O–H groups in total. The van der Waals surface area contributed by atoms with E-state index >= 15 is 0 Å². The number of hydrogen-bond donors (Lipinski definition) is 5. The van der Waals surface area contributed by atoms with Crippen LogP contribution in [0.2, 0.25) is 0 Å². The lowest BCUT2D eigenvalue weighted by Gasteiger charge is -2.49. The van der Waals surface area contributed by atoms with E-state index in [1.165, 1.54) is 0 Å². The van der Waals surface area contributed by atoms with Crippen molar-refractivity contribution < 1.29 is 30.3 Å². The zero-order valence-electron chi connectivity index (χ0n) is 7.45. The highest BCUT2D eigenvalue weighted by atomic mass is 16.7. The van der Waals surface area contributed by atoms with Crippen LogP contribution in [0.4, 0.5) is 0 Å². The lowest BCUT2D eigenvalue weighted by atomic mass is 9.84. The van der Waals surface area contributed by atoms with Crippen molar-refractivity contribution in [3.05, 3.63) is 0 Å². The maximum Gasteiger partial charge on any atom is 0.181 e.